The van der Waals surface area contributed by atoms with Crippen LogP contribution in [0, 0.1) is 0 Å². The molecule has 1 unspecified atom stereocenters. The Morgan fingerprint density at radius 3 is 2.72 bits per heavy atom. The summed E-state index contributed by atoms with van der Waals surface area (Å²) in [7, 11) is 0. The van der Waals surface area contributed by atoms with E-state index in [9.17, 15) is 9.90 Å². The van der Waals surface area contributed by atoms with Crippen LogP contribution in [0.15, 0.2) is 66.0 Å². The Morgan fingerprint density at radius 1 is 1.07 bits per heavy atom. The molecule has 2 aromatic carbocycles. The molecule has 0 spiro atoms. The molecule has 0 aliphatic rings. The van der Waals surface area contributed by atoms with Crippen LogP contribution < -0.4 is 10.1 Å². The van der Waals surface area contributed by atoms with E-state index in [1.807, 2.05) is 73.0 Å². The molecule has 29 heavy (non-hydrogen) atoms. The minimum absolute atomic E-state index is 0.168. The standard InChI is InChI=1S/C23H21NO3S2/c1-2-27-18-11-9-15-6-3-4-7-17(15)21(18)23(26)24-14-16-10-12-20(29-16)22(25)19-8-5-13-28-19/h3-13,22,25H,2,14H2,1H3,(H,24,26). The molecule has 2 aromatic heterocycles. The van der Waals surface area contributed by atoms with Crippen molar-refractivity contribution in [3.8, 4) is 5.75 Å². The van der Waals surface area contributed by atoms with Crippen molar-refractivity contribution in [3.05, 3.63) is 86.2 Å². The number of nitrogens with one attached hydrogen (secondary N) is 1. The predicted molar refractivity (Wildman–Crippen MR) is 119 cm³/mol. The number of ether oxygens (including phenoxy) is 1. The first-order valence-corrected chi connectivity index (χ1v) is 11.1. The van der Waals surface area contributed by atoms with Crippen molar-refractivity contribution >= 4 is 39.4 Å². The van der Waals surface area contributed by atoms with Crippen LogP contribution in [0.4, 0.5) is 0 Å². The van der Waals surface area contributed by atoms with Gasteiger partial charge >= 0.3 is 0 Å². The lowest BCUT2D eigenvalue weighted by atomic mass is 10.0. The van der Waals surface area contributed by atoms with E-state index in [1.54, 1.807) is 0 Å². The van der Waals surface area contributed by atoms with Gasteiger partial charge in [-0.1, -0.05) is 36.4 Å². The Hall–Kier alpha value is -2.67. The molecule has 6 heteroatoms. The van der Waals surface area contributed by atoms with E-state index < -0.39 is 6.10 Å². The van der Waals surface area contributed by atoms with Gasteiger partial charge in [-0.25, -0.2) is 0 Å². The molecule has 1 atom stereocenters. The van der Waals surface area contributed by atoms with Crippen LogP contribution in [-0.4, -0.2) is 17.6 Å². The van der Waals surface area contributed by atoms with Gasteiger partial charge in [-0.3, -0.25) is 4.79 Å². The zero-order valence-corrected chi connectivity index (χ0v) is 17.6. The summed E-state index contributed by atoms with van der Waals surface area (Å²) in [4.78, 5) is 15.8. The van der Waals surface area contributed by atoms with E-state index in [1.165, 1.54) is 22.7 Å². The highest BCUT2D eigenvalue weighted by atomic mass is 32.1. The van der Waals surface area contributed by atoms with Crippen LogP contribution in [0.3, 0.4) is 0 Å². The van der Waals surface area contributed by atoms with Crippen molar-refractivity contribution in [2.45, 2.75) is 19.6 Å². The molecule has 1 amide bonds. The Kier molecular flexibility index (Phi) is 5.94. The third-order valence-corrected chi connectivity index (χ3v) is 6.67. The van der Waals surface area contributed by atoms with Crippen LogP contribution in [0.25, 0.3) is 10.8 Å². The van der Waals surface area contributed by atoms with Gasteiger partial charge in [0.1, 0.15) is 11.9 Å². The summed E-state index contributed by atoms with van der Waals surface area (Å²) >= 11 is 3.04. The predicted octanol–water partition coefficient (Wildman–Crippen LogP) is 5.37. The Morgan fingerprint density at radius 2 is 1.93 bits per heavy atom. The van der Waals surface area contributed by atoms with Crippen molar-refractivity contribution in [2.24, 2.45) is 0 Å². The highest BCUT2D eigenvalue weighted by molar-refractivity contribution is 7.12. The zero-order valence-electron chi connectivity index (χ0n) is 15.9. The van der Waals surface area contributed by atoms with E-state index >= 15 is 0 Å². The van der Waals surface area contributed by atoms with Crippen LogP contribution in [0.5, 0.6) is 5.75 Å². The maximum atomic E-state index is 13.0. The molecule has 4 nitrogen and oxygen atoms in total. The molecular weight excluding hydrogens is 402 g/mol. The van der Waals surface area contributed by atoms with Gasteiger partial charge in [-0.2, -0.15) is 0 Å². The molecule has 148 valence electrons. The topological polar surface area (TPSA) is 58.6 Å². The number of carbonyl (C=O) groups excluding carboxylic acids is 1. The smallest absolute Gasteiger partial charge is 0.255 e. The van der Waals surface area contributed by atoms with Crippen molar-refractivity contribution in [1.29, 1.82) is 0 Å². The molecule has 0 fully saturated rings. The molecule has 2 N–H and O–H groups in total. The summed E-state index contributed by atoms with van der Waals surface area (Å²) in [6, 6.07) is 19.3. The molecule has 4 aromatic rings. The number of aliphatic hydroxyl groups excluding tert-OH is 1. The molecule has 0 saturated carbocycles. The number of fused-ring (bicyclic) bond motifs is 1. The summed E-state index contributed by atoms with van der Waals surface area (Å²) in [5, 5.41) is 17.3. The molecule has 0 bridgehead atoms. The number of rotatable bonds is 7. The van der Waals surface area contributed by atoms with Gasteiger partial charge in [-0.15, -0.1) is 22.7 Å². The number of hydrogen-bond donors (Lipinski definition) is 2. The molecule has 2 heterocycles. The normalized spacial score (nSPS) is 12.1. The van der Waals surface area contributed by atoms with Crippen LogP contribution in [-0.2, 0) is 6.54 Å². The highest BCUT2D eigenvalue weighted by Crippen LogP contribution is 2.31. The van der Waals surface area contributed by atoms with Gasteiger partial charge in [0.25, 0.3) is 5.91 Å². The summed E-state index contributed by atoms with van der Waals surface area (Å²) in [5.74, 6) is 0.419. The van der Waals surface area contributed by atoms with Gasteiger partial charge in [0.15, 0.2) is 0 Å². The first kappa shape index (κ1) is 19.6. The van der Waals surface area contributed by atoms with E-state index in [2.05, 4.69) is 5.32 Å². The largest absolute Gasteiger partial charge is 0.493 e. The SMILES string of the molecule is CCOc1ccc2ccccc2c1C(=O)NCc1ccc(C(O)c2cccs2)s1. The first-order valence-electron chi connectivity index (χ1n) is 9.40. The Balaban J connectivity index is 1.53. The average molecular weight is 424 g/mol. The molecule has 0 radical (unpaired) electrons. The Labute approximate surface area is 177 Å². The van der Waals surface area contributed by atoms with Gasteiger partial charge in [0.05, 0.1) is 18.7 Å². The quantitative estimate of drug-likeness (QED) is 0.420. The molecule has 0 saturated heterocycles. The number of carbonyl (C=O) groups is 1. The second-order valence-electron chi connectivity index (χ2n) is 6.50. The van der Waals surface area contributed by atoms with E-state index in [0.29, 0.717) is 24.5 Å². The fraction of sp³-hybridized carbons (Fsp3) is 0.174. The van der Waals surface area contributed by atoms with E-state index in [0.717, 1.165) is 25.4 Å². The molecular formula is C23H21NO3S2. The van der Waals surface area contributed by atoms with E-state index in [4.69, 9.17) is 4.74 Å². The lowest BCUT2D eigenvalue weighted by molar-refractivity contribution is 0.0949. The van der Waals surface area contributed by atoms with Crippen LogP contribution in [0.2, 0.25) is 0 Å². The van der Waals surface area contributed by atoms with Crippen molar-refractivity contribution in [2.75, 3.05) is 6.61 Å². The van der Waals surface area contributed by atoms with Crippen molar-refractivity contribution < 1.29 is 14.6 Å². The Bertz CT molecular complexity index is 1120. The second kappa shape index (κ2) is 8.78. The minimum atomic E-state index is -0.618. The monoisotopic (exact) mass is 423 g/mol. The van der Waals surface area contributed by atoms with Crippen molar-refractivity contribution in [3.63, 3.8) is 0 Å². The molecule has 0 aliphatic heterocycles. The number of amides is 1. The summed E-state index contributed by atoms with van der Waals surface area (Å²) < 4.78 is 5.71. The van der Waals surface area contributed by atoms with E-state index in [-0.39, 0.29) is 5.91 Å². The maximum Gasteiger partial charge on any atom is 0.255 e. The van der Waals surface area contributed by atoms with Gasteiger partial charge in [-0.05, 0) is 47.3 Å². The zero-order chi connectivity index (χ0) is 20.2. The summed E-state index contributed by atoms with van der Waals surface area (Å²) in [5.41, 5.74) is 0.556. The lowest BCUT2D eigenvalue weighted by Gasteiger charge is -2.13. The maximum absolute atomic E-state index is 13.0. The van der Waals surface area contributed by atoms with Gasteiger partial charge in [0.2, 0.25) is 0 Å². The summed E-state index contributed by atoms with van der Waals surface area (Å²) in [6.45, 7) is 2.80. The second-order valence-corrected chi connectivity index (χ2v) is 8.68. The number of benzene rings is 2. The van der Waals surface area contributed by atoms with Crippen LogP contribution in [0.1, 0.15) is 38.0 Å². The van der Waals surface area contributed by atoms with Crippen LogP contribution >= 0.6 is 22.7 Å². The number of thiophene rings is 2. The first-order chi connectivity index (χ1) is 14.2. The molecule has 0 aliphatic carbocycles. The fourth-order valence-electron chi connectivity index (χ4n) is 3.24. The minimum Gasteiger partial charge on any atom is -0.493 e. The van der Waals surface area contributed by atoms with Gasteiger partial charge in [0, 0.05) is 14.6 Å². The average Bonchev–Trinajstić information content (AvgIpc) is 3.44. The lowest BCUT2D eigenvalue weighted by Crippen LogP contribution is -2.23. The number of aliphatic hydroxyl groups is 1. The highest BCUT2D eigenvalue weighted by Gasteiger charge is 2.18. The fourth-order valence-corrected chi connectivity index (χ4v) is 5.00. The summed E-state index contributed by atoms with van der Waals surface area (Å²) in [6.07, 6.45) is -0.618. The number of hydrogen-bond acceptors (Lipinski definition) is 5. The molecule has 4 rings (SSSR count). The third kappa shape index (κ3) is 4.19. The van der Waals surface area contributed by atoms with Gasteiger partial charge < -0.3 is 15.2 Å². The van der Waals surface area contributed by atoms with Crippen molar-refractivity contribution in [1.82, 2.24) is 5.32 Å². The third-order valence-electron chi connectivity index (χ3n) is 4.61.